The number of cyclic esters (lactones) is 1. The Bertz CT molecular complexity index is 445. The topological polar surface area (TPSA) is 72.5 Å². The van der Waals surface area contributed by atoms with Gasteiger partial charge in [-0.3, -0.25) is 9.59 Å². The maximum atomic E-state index is 11.7. The number of allylic oxidation sites excluding steroid dienone is 2. The van der Waals surface area contributed by atoms with Gasteiger partial charge in [-0.2, -0.15) is 0 Å². The molecule has 1 fully saturated rings. The van der Waals surface area contributed by atoms with Crippen LogP contribution in [0.3, 0.4) is 0 Å². The van der Waals surface area contributed by atoms with Crippen molar-refractivity contribution in [1.82, 2.24) is 5.32 Å². The second-order valence-electron chi connectivity index (χ2n) is 6.74. The molecule has 1 saturated heterocycles. The maximum Gasteiger partial charge on any atom is 0.328 e. The number of hydrogen-bond donors (Lipinski definition) is 1. The number of ketones is 1. The van der Waals surface area contributed by atoms with Crippen LogP contribution in [0.5, 0.6) is 0 Å². The first kappa shape index (κ1) is 21.4. The zero-order valence-corrected chi connectivity index (χ0v) is 15.6. The molecule has 0 aromatic carbocycles. The molecule has 25 heavy (non-hydrogen) atoms. The Morgan fingerprint density at radius 2 is 1.72 bits per heavy atom. The van der Waals surface area contributed by atoms with Crippen molar-refractivity contribution in [2.24, 2.45) is 0 Å². The minimum absolute atomic E-state index is 0.210. The lowest BCUT2D eigenvalue weighted by Crippen LogP contribution is -2.38. The molecule has 0 radical (unpaired) electrons. The summed E-state index contributed by atoms with van der Waals surface area (Å²) in [5.41, 5.74) is 0. The Balaban J connectivity index is 1.97. The predicted octanol–water partition coefficient (Wildman–Crippen LogP) is 3.85. The highest BCUT2D eigenvalue weighted by atomic mass is 16.5. The smallest absolute Gasteiger partial charge is 0.328 e. The number of carbonyl (C=O) groups excluding carboxylic acids is 3. The lowest BCUT2D eigenvalue weighted by molar-refractivity contribution is -0.141. The number of ether oxygens (including phenoxy) is 1. The third-order valence-corrected chi connectivity index (χ3v) is 4.38. The summed E-state index contributed by atoms with van der Waals surface area (Å²) in [4.78, 5) is 34.6. The van der Waals surface area contributed by atoms with E-state index in [1.54, 1.807) is 0 Å². The molecule has 5 nitrogen and oxygen atoms in total. The molecule has 0 aromatic rings. The van der Waals surface area contributed by atoms with Crippen LogP contribution in [-0.4, -0.2) is 30.3 Å². The van der Waals surface area contributed by atoms with Crippen LogP contribution in [0.4, 0.5) is 0 Å². The normalized spacial score (nSPS) is 17.0. The number of nitrogens with one attached hydrogen (secondary N) is 1. The van der Waals surface area contributed by atoms with Gasteiger partial charge in [0.25, 0.3) is 0 Å². The molecule has 0 aromatic heterocycles. The zero-order valence-electron chi connectivity index (χ0n) is 15.6. The van der Waals surface area contributed by atoms with E-state index in [2.05, 4.69) is 12.2 Å². The molecule has 1 aliphatic rings. The van der Waals surface area contributed by atoms with Gasteiger partial charge in [-0.1, -0.05) is 64.4 Å². The van der Waals surface area contributed by atoms with Gasteiger partial charge in [-0.05, 0) is 18.9 Å². The summed E-state index contributed by atoms with van der Waals surface area (Å²) in [5, 5.41) is 2.53. The van der Waals surface area contributed by atoms with E-state index in [1.165, 1.54) is 57.4 Å². The molecule has 1 N–H and O–H groups in total. The molecular weight excluding hydrogens is 318 g/mol. The highest BCUT2D eigenvalue weighted by Gasteiger charge is 2.28. The molecular formula is C20H33NO4. The van der Waals surface area contributed by atoms with Gasteiger partial charge < -0.3 is 10.1 Å². The average Bonchev–Trinajstić information content (AvgIpc) is 2.97. The van der Waals surface area contributed by atoms with Crippen molar-refractivity contribution >= 4 is 17.7 Å². The van der Waals surface area contributed by atoms with Crippen molar-refractivity contribution in [3.63, 3.8) is 0 Å². The molecule has 0 aliphatic carbocycles. The van der Waals surface area contributed by atoms with Gasteiger partial charge in [0.2, 0.25) is 5.91 Å². The van der Waals surface area contributed by atoms with Crippen molar-refractivity contribution in [3.8, 4) is 0 Å². The Kier molecular flexibility index (Phi) is 11.7. The summed E-state index contributed by atoms with van der Waals surface area (Å²) < 4.78 is 4.76. The van der Waals surface area contributed by atoms with Gasteiger partial charge in [-0.15, -0.1) is 0 Å². The van der Waals surface area contributed by atoms with Gasteiger partial charge in [-0.25, -0.2) is 4.79 Å². The van der Waals surface area contributed by atoms with Crippen molar-refractivity contribution in [2.45, 2.75) is 90.0 Å². The van der Waals surface area contributed by atoms with E-state index in [0.29, 0.717) is 13.0 Å². The van der Waals surface area contributed by atoms with Crippen molar-refractivity contribution < 1.29 is 19.1 Å². The summed E-state index contributed by atoms with van der Waals surface area (Å²) in [7, 11) is 0. The molecule has 1 amide bonds. The second-order valence-corrected chi connectivity index (χ2v) is 6.74. The average molecular weight is 351 g/mol. The lowest BCUT2D eigenvalue weighted by Gasteiger charge is -2.07. The summed E-state index contributed by atoms with van der Waals surface area (Å²) in [5.74, 6) is -1.05. The SMILES string of the molecule is CCCCCCCCCCCC=CC(=O)CC(=O)NC1CCOC1=O. The van der Waals surface area contributed by atoms with Crippen LogP contribution in [0.1, 0.15) is 84.0 Å². The highest BCUT2D eigenvalue weighted by molar-refractivity contribution is 6.04. The second kappa shape index (κ2) is 13.6. The minimum Gasteiger partial charge on any atom is -0.464 e. The van der Waals surface area contributed by atoms with Crippen LogP contribution in [0, 0.1) is 0 Å². The van der Waals surface area contributed by atoms with E-state index in [4.69, 9.17) is 4.74 Å². The van der Waals surface area contributed by atoms with Crippen molar-refractivity contribution in [1.29, 1.82) is 0 Å². The van der Waals surface area contributed by atoms with Crippen molar-refractivity contribution in [2.75, 3.05) is 6.61 Å². The van der Waals surface area contributed by atoms with E-state index < -0.39 is 17.9 Å². The predicted molar refractivity (Wildman–Crippen MR) is 98.1 cm³/mol. The molecule has 1 unspecified atom stereocenters. The van der Waals surface area contributed by atoms with Crippen LogP contribution < -0.4 is 5.32 Å². The summed E-state index contributed by atoms with van der Waals surface area (Å²) >= 11 is 0. The number of hydrogen-bond acceptors (Lipinski definition) is 4. The molecule has 0 saturated carbocycles. The maximum absolute atomic E-state index is 11.7. The first-order valence-electron chi connectivity index (χ1n) is 9.79. The number of rotatable bonds is 14. The number of esters is 1. The highest BCUT2D eigenvalue weighted by Crippen LogP contribution is 2.10. The Morgan fingerprint density at radius 3 is 2.32 bits per heavy atom. The van der Waals surface area contributed by atoms with Crippen LogP contribution in [0.15, 0.2) is 12.2 Å². The summed E-state index contributed by atoms with van der Waals surface area (Å²) in [6, 6.07) is -0.591. The van der Waals surface area contributed by atoms with E-state index >= 15 is 0 Å². The Morgan fingerprint density at radius 1 is 1.08 bits per heavy atom. The zero-order chi connectivity index (χ0) is 18.3. The molecule has 1 heterocycles. The van der Waals surface area contributed by atoms with Gasteiger partial charge in [0.1, 0.15) is 6.04 Å². The Labute approximate surface area is 151 Å². The fourth-order valence-electron chi connectivity index (χ4n) is 2.88. The quantitative estimate of drug-likeness (QED) is 0.223. The fraction of sp³-hybridized carbons (Fsp3) is 0.750. The van der Waals surface area contributed by atoms with E-state index in [1.807, 2.05) is 6.08 Å². The lowest BCUT2D eigenvalue weighted by atomic mass is 10.1. The van der Waals surface area contributed by atoms with E-state index in [9.17, 15) is 14.4 Å². The van der Waals surface area contributed by atoms with Crippen molar-refractivity contribution in [3.05, 3.63) is 12.2 Å². The van der Waals surface area contributed by atoms with Gasteiger partial charge >= 0.3 is 5.97 Å². The van der Waals surface area contributed by atoms with Crippen LogP contribution in [0.2, 0.25) is 0 Å². The number of amides is 1. The largest absolute Gasteiger partial charge is 0.464 e. The molecule has 1 rings (SSSR count). The third kappa shape index (κ3) is 10.7. The van der Waals surface area contributed by atoms with E-state index in [0.717, 1.165) is 12.8 Å². The standard InChI is InChI=1S/C20H33NO4/c1-2-3-4-5-6-7-8-9-10-11-12-13-17(22)16-19(23)21-18-14-15-25-20(18)24/h12-13,18H,2-11,14-16H2,1H3,(H,21,23). The molecule has 1 aliphatic heterocycles. The minimum atomic E-state index is -0.591. The van der Waals surface area contributed by atoms with Gasteiger partial charge in [0.05, 0.1) is 13.0 Å². The first-order chi connectivity index (χ1) is 12.1. The third-order valence-electron chi connectivity index (χ3n) is 4.38. The number of carbonyl (C=O) groups is 3. The Hall–Kier alpha value is -1.65. The molecule has 5 heteroatoms. The molecule has 142 valence electrons. The summed E-state index contributed by atoms with van der Waals surface area (Å²) in [6.45, 7) is 2.56. The van der Waals surface area contributed by atoms with Crippen LogP contribution in [-0.2, 0) is 19.1 Å². The van der Waals surface area contributed by atoms with Crippen LogP contribution >= 0.6 is 0 Å². The fourth-order valence-corrected chi connectivity index (χ4v) is 2.88. The van der Waals surface area contributed by atoms with E-state index in [-0.39, 0.29) is 12.2 Å². The van der Waals surface area contributed by atoms with Crippen LogP contribution in [0.25, 0.3) is 0 Å². The molecule has 1 atom stereocenters. The first-order valence-corrected chi connectivity index (χ1v) is 9.79. The summed E-state index contributed by atoms with van der Waals surface area (Å²) in [6.07, 6.45) is 16.0. The molecule has 0 bridgehead atoms. The molecule has 0 spiro atoms. The monoisotopic (exact) mass is 351 g/mol. The van der Waals surface area contributed by atoms with Gasteiger partial charge in [0.15, 0.2) is 5.78 Å². The van der Waals surface area contributed by atoms with Gasteiger partial charge in [0, 0.05) is 6.42 Å². The number of unbranched alkanes of at least 4 members (excludes halogenated alkanes) is 9.